The SMILES string of the molecule is CN(C)CCc1ccc(-c2cc3nccnc3c(OC[C@@H]3CN(S(C)(=O)=O)CCO3)n2)cc1.S. The van der Waals surface area contributed by atoms with Crippen molar-refractivity contribution < 1.29 is 17.9 Å². The quantitative estimate of drug-likeness (QED) is 0.458. The normalized spacial score (nSPS) is 17.0. The van der Waals surface area contributed by atoms with E-state index in [0.717, 1.165) is 24.2 Å². The van der Waals surface area contributed by atoms with Crippen LogP contribution in [-0.4, -0.2) is 91.9 Å². The smallest absolute Gasteiger partial charge is 0.242 e. The van der Waals surface area contributed by atoms with Crippen molar-refractivity contribution in [1.82, 2.24) is 24.2 Å². The fourth-order valence-electron chi connectivity index (χ4n) is 3.65. The number of morpholine rings is 1. The second kappa shape index (κ2) is 11.4. The van der Waals surface area contributed by atoms with Crippen molar-refractivity contribution >= 4 is 34.6 Å². The number of benzene rings is 1. The molecule has 0 amide bonds. The highest BCUT2D eigenvalue weighted by molar-refractivity contribution is 7.88. The van der Waals surface area contributed by atoms with E-state index in [-0.39, 0.29) is 32.8 Å². The molecule has 0 unspecified atom stereocenters. The molecule has 0 spiro atoms. The molecule has 3 aromatic rings. The summed E-state index contributed by atoms with van der Waals surface area (Å²) in [5.41, 5.74) is 4.18. The lowest BCUT2D eigenvalue weighted by Crippen LogP contribution is -2.47. The standard InChI is InChI=1S/C23H29N5O4S.H2S/c1-27(2)11-8-17-4-6-18(7-5-17)20-14-21-22(25-10-9-24-21)23(26-20)32-16-19-15-28(12-13-31-19)33(3,29)30;/h4-7,9-10,14,19H,8,11-13,15-16H2,1-3H3;1H2/t19-;/m0./s1. The Bertz CT molecular complexity index is 1210. The lowest BCUT2D eigenvalue weighted by Gasteiger charge is -2.30. The van der Waals surface area contributed by atoms with Gasteiger partial charge >= 0.3 is 0 Å². The van der Waals surface area contributed by atoms with Gasteiger partial charge in [0.2, 0.25) is 15.9 Å². The van der Waals surface area contributed by atoms with Crippen molar-refractivity contribution in [3.8, 4) is 17.1 Å². The highest BCUT2D eigenvalue weighted by Gasteiger charge is 2.27. The summed E-state index contributed by atoms with van der Waals surface area (Å²) >= 11 is 0. The molecule has 0 saturated carbocycles. The van der Waals surface area contributed by atoms with Gasteiger partial charge in [0.25, 0.3) is 0 Å². The van der Waals surface area contributed by atoms with Crippen molar-refractivity contribution in [2.45, 2.75) is 12.5 Å². The van der Waals surface area contributed by atoms with Crippen molar-refractivity contribution in [2.75, 3.05) is 53.2 Å². The molecule has 3 heterocycles. The van der Waals surface area contributed by atoms with Crippen LogP contribution in [0.4, 0.5) is 0 Å². The zero-order valence-corrected chi connectivity index (χ0v) is 21.5. The van der Waals surface area contributed by atoms with Crippen LogP contribution in [0.25, 0.3) is 22.3 Å². The number of ether oxygens (including phenoxy) is 2. The Morgan fingerprint density at radius 3 is 2.62 bits per heavy atom. The molecule has 0 radical (unpaired) electrons. The molecular weight excluding hydrogens is 474 g/mol. The van der Waals surface area contributed by atoms with Crippen LogP contribution in [0.2, 0.25) is 0 Å². The van der Waals surface area contributed by atoms with Crippen LogP contribution in [0.3, 0.4) is 0 Å². The zero-order chi connectivity index (χ0) is 23.4. The minimum atomic E-state index is -3.27. The lowest BCUT2D eigenvalue weighted by atomic mass is 10.1. The predicted octanol–water partition coefficient (Wildman–Crippen LogP) is 1.95. The third kappa shape index (κ3) is 6.63. The second-order valence-electron chi connectivity index (χ2n) is 8.41. The molecule has 2 aromatic heterocycles. The van der Waals surface area contributed by atoms with E-state index in [1.54, 1.807) is 12.4 Å². The summed E-state index contributed by atoms with van der Waals surface area (Å²) in [6.45, 7) is 2.08. The second-order valence-corrected chi connectivity index (χ2v) is 10.4. The molecule has 1 fully saturated rings. The van der Waals surface area contributed by atoms with Gasteiger partial charge in [-0.25, -0.2) is 18.4 Å². The van der Waals surface area contributed by atoms with Crippen LogP contribution in [0.15, 0.2) is 42.7 Å². The Morgan fingerprint density at radius 2 is 1.91 bits per heavy atom. The largest absolute Gasteiger partial charge is 0.473 e. The molecule has 0 aliphatic carbocycles. The van der Waals surface area contributed by atoms with Gasteiger partial charge in [0.05, 0.1) is 24.1 Å². The number of pyridine rings is 1. The van der Waals surface area contributed by atoms with Gasteiger partial charge in [0, 0.05) is 37.6 Å². The van der Waals surface area contributed by atoms with E-state index in [4.69, 9.17) is 14.5 Å². The summed E-state index contributed by atoms with van der Waals surface area (Å²) in [5, 5.41) is 0. The molecule has 1 atom stereocenters. The third-order valence-corrected chi connectivity index (χ3v) is 6.77. The van der Waals surface area contributed by atoms with E-state index in [0.29, 0.717) is 30.1 Å². The fourth-order valence-corrected chi connectivity index (χ4v) is 4.50. The van der Waals surface area contributed by atoms with E-state index in [1.165, 1.54) is 16.1 Å². The first-order chi connectivity index (χ1) is 15.8. The molecular formula is C23H31N5O4S2. The van der Waals surface area contributed by atoms with Gasteiger partial charge in [-0.05, 0) is 32.1 Å². The van der Waals surface area contributed by atoms with Crippen LogP contribution in [0.1, 0.15) is 5.56 Å². The van der Waals surface area contributed by atoms with Gasteiger partial charge in [-0.1, -0.05) is 24.3 Å². The molecule has 0 bridgehead atoms. The predicted molar refractivity (Wildman–Crippen MR) is 137 cm³/mol. The summed E-state index contributed by atoms with van der Waals surface area (Å²) in [6, 6.07) is 10.2. The fraction of sp³-hybridized carbons (Fsp3) is 0.435. The highest BCUT2D eigenvalue weighted by atomic mass is 32.2. The number of fused-ring (bicyclic) bond motifs is 1. The first kappa shape index (κ1) is 26.3. The number of aromatic nitrogens is 3. The number of hydrogen-bond acceptors (Lipinski definition) is 8. The van der Waals surface area contributed by atoms with E-state index >= 15 is 0 Å². The van der Waals surface area contributed by atoms with Gasteiger partial charge in [0.1, 0.15) is 12.7 Å². The molecule has 1 aliphatic heterocycles. The minimum Gasteiger partial charge on any atom is -0.473 e. The molecule has 11 heteroatoms. The Balaban J connectivity index is 0.00000324. The summed E-state index contributed by atoms with van der Waals surface area (Å²) in [6.07, 6.45) is 5.02. The Labute approximate surface area is 207 Å². The van der Waals surface area contributed by atoms with Crippen molar-refractivity contribution in [3.05, 3.63) is 48.3 Å². The van der Waals surface area contributed by atoms with Crippen molar-refractivity contribution in [2.24, 2.45) is 0 Å². The molecule has 1 aromatic carbocycles. The van der Waals surface area contributed by atoms with Gasteiger partial charge < -0.3 is 14.4 Å². The maximum Gasteiger partial charge on any atom is 0.242 e. The number of rotatable bonds is 8. The average Bonchev–Trinajstić information content (AvgIpc) is 2.81. The van der Waals surface area contributed by atoms with Gasteiger partial charge in [-0.15, -0.1) is 0 Å². The number of likely N-dealkylation sites (N-methyl/N-ethyl adjacent to an activating group) is 1. The molecule has 34 heavy (non-hydrogen) atoms. The first-order valence-corrected chi connectivity index (χ1v) is 12.7. The zero-order valence-electron chi connectivity index (χ0n) is 19.6. The Kier molecular flexibility index (Phi) is 8.83. The van der Waals surface area contributed by atoms with Gasteiger partial charge in [0.15, 0.2) is 5.52 Å². The maximum atomic E-state index is 11.9. The van der Waals surface area contributed by atoms with E-state index < -0.39 is 10.0 Å². The molecule has 1 aliphatic rings. The van der Waals surface area contributed by atoms with Crippen LogP contribution in [-0.2, 0) is 21.2 Å². The summed E-state index contributed by atoms with van der Waals surface area (Å²) < 4.78 is 36.9. The van der Waals surface area contributed by atoms with Crippen LogP contribution in [0, 0.1) is 0 Å². The first-order valence-electron chi connectivity index (χ1n) is 10.8. The topological polar surface area (TPSA) is 97.8 Å². The van der Waals surface area contributed by atoms with Crippen molar-refractivity contribution in [1.29, 1.82) is 0 Å². The maximum absolute atomic E-state index is 11.9. The lowest BCUT2D eigenvalue weighted by molar-refractivity contribution is -0.0252. The van der Waals surface area contributed by atoms with Gasteiger partial charge in [-0.3, -0.25) is 4.98 Å². The number of sulfonamides is 1. The minimum absolute atomic E-state index is 0. The monoisotopic (exact) mass is 505 g/mol. The van der Waals surface area contributed by atoms with Crippen LogP contribution in [0.5, 0.6) is 5.88 Å². The Morgan fingerprint density at radius 1 is 1.18 bits per heavy atom. The molecule has 184 valence electrons. The summed E-state index contributed by atoms with van der Waals surface area (Å²) in [7, 11) is 0.850. The van der Waals surface area contributed by atoms with E-state index in [1.807, 2.05) is 18.2 Å². The number of nitrogens with zero attached hydrogens (tertiary/aromatic N) is 5. The number of hydrogen-bond donors (Lipinski definition) is 0. The third-order valence-electron chi connectivity index (χ3n) is 5.50. The molecule has 4 rings (SSSR count). The summed E-state index contributed by atoms with van der Waals surface area (Å²) in [4.78, 5) is 15.7. The molecule has 0 N–H and O–H groups in total. The molecule has 9 nitrogen and oxygen atoms in total. The molecule has 1 saturated heterocycles. The Hall–Kier alpha value is -2.31. The van der Waals surface area contributed by atoms with Crippen LogP contribution >= 0.6 is 13.5 Å². The van der Waals surface area contributed by atoms with Crippen LogP contribution < -0.4 is 4.74 Å². The van der Waals surface area contributed by atoms with Crippen molar-refractivity contribution in [3.63, 3.8) is 0 Å². The van der Waals surface area contributed by atoms with E-state index in [9.17, 15) is 8.42 Å². The summed E-state index contributed by atoms with van der Waals surface area (Å²) in [5.74, 6) is 0.354. The highest BCUT2D eigenvalue weighted by Crippen LogP contribution is 2.27. The average molecular weight is 506 g/mol. The van der Waals surface area contributed by atoms with Gasteiger partial charge in [-0.2, -0.15) is 17.8 Å². The van der Waals surface area contributed by atoms with E-state index in [2.05, 4.69) is 41.1 Å².